The molecule has 2 rings (SSSR count). The van der Waals surface area contributed by atoms with E-state index in [4.69, 9.17) is 0 Å². The normalized spacial score (nSPS) is 31.6. The molecule has 0 aromatic heterocycles. The van der Waals surface area contributed by atoms with Crippen molar-refractivity contribution in [1.29, 1.82) is 0 Å². The van der Waals surface area contributed by atoms with E-state index in [9.17, 15) is 22.3 Å². The Morgan fingerprint density at radius 1 is 1.35 bits per heavy atom. The van der Waals surface area contributed by atoms with Crippen molar-refractivity contribution in [3.05, 3.63) is 7.11 Å². The molecule has 2 fully saturated rings. The van der Waals surface area contributed by atoms with Crippen molar-refractivity contribution in [2.24, 2.45) is 17.8 Å². The Bertz CT molecular complexity index is 439. The first-order valence-electron chi connectivity index (χ1n) is 6.58. The van der Waals surface area contributed by atoms with Crippen molar-refractivity contribution in [2.45, 2.75) is 37.0 Å². The van der Waals surface area contributed by atoms with E-state index in [1.54, 1.807) is 0 Å². The van der Waals surface area contributed by atoms with E-state index in [1.807, 2.05) is 0 Å². The molecule has 2 saturated carbocycles. The minimum absolute atomic E-state index is 0.0723. The highest BCUT2D eigenvalue weighted by atomic mass is 32.2. The van der Waals surface area contributed by atoms with Crippen LogP contribution in [0, 0.1) is 24.9 Å². The first-order chi connectivity index (χ1) is 9.27. The van der Waals surface area contributed by atoms with Gasteiger partial charge in [-0.25, -0.2) is 0 Å². The molecule has 0 spiro atoms. The molecule has 4 atom stereocenters. The van der Waals surface area contributed by atoms with Gasteiger partial charge in [-0.05, 0) is 37.0 Å². The van der Waals surface area contributed by atoms with Crippen molar-refractivity contribution in [1.82, 2.24) is 0 Å². The minimum atomic E-state index is -5.07. The number of rotatable bonds is 7. The van der Waals surface area contributed by atoms with Gasteiger partial charge < -0.3 is 9.84 Å². The quantitative estimate of drug-likeness (QED) is 0.570. The van der Waals surface area contributed by atoms with E-state index in [2.05, 4.69) is 16.0 Å². The lowest BCUT2D eigenvalue weighted by Crippen LogP contribution is -2.37. The first-order valence-corrected chi connectivity index (χ1v) is 7.99. The highest BCUT2D eigenvalue weighted by molar-refractivity contribution is 7.87. The monoisotopic (exact) mass is 313 g/mol. The average molecular weight is 313 g/mol. The van der Waals surface area contributed by atoms with Gasteiger partial charge >= 0.3 is 15.4 Å². The fourth-order valence-corrected chi connectivity index (χ4v) is 3.75. The van der Waals surface area contributed by atoms with E-state index >= 15 is 0 Å². The summed E-state index contributed by atoms with van der Waals surface area (Å²) in [5.74, 6) is 1.13. The molecular formula is C12H19F2O5S+. The van der Waals surface area contributed by atoms with Gasteiger partial charge in [-0.1, -0.05) is 10.6 Å². The SMILES string of the molecule is [CH2+]OS(=O)(=O)C(F)(F)COCC(O)C1CC2CCC1C2. The van der Waals surface area contributed by atoms with Crippen LogP contribution >= 0.6 is 0 Å². The standard InChI is InChI=1S/C12H19F2O5S/c1-18-20(16,17)12(13,14)7-19-6-11(15)10-5-8-2-3-9(10)4-8/h8-11,15H,1-7H2/q+1. The lowest BCUT2D eigenvalue weighted by atomic mass is 9.85. The molecule has 0 heterocycles. The minimum Gasteiger partial charge on any atom is -0.390 e. The summed E-state index contributed by atoms with van der Waals surface area (Å²) in [6.07, 6.45) is 3.38. The topological polar surface area (TPSA) is 72.8 Å². The molecule has 2 aliphatic carbocycles. The van der Waals surface area contributed by atoms with Gasteiger partial charge in [-0.2, -0.15) is 17.2 Å². The van der Waals surface area contributed by atoms with E-state index in [0.29, 0.717) is 11.8 Å². The molecule has 4 unspecified atom stereocenters. The largest absolute Gasteiger partial charge is 0.396 e. The number of aliphatic hydroxyl groups excluding tert-OH is 1. The van der Waals surface area contributed by atoms with Crippen LogP contribution in [-0.4, -0.2) is 38.1 Å². The van der Waals surface area contributed by atoms with Crippen LogP contribution in [0.2, 0.25) is 0 Å². The molecule has 2 aliphatic rings. The Morgan fingerprint density at radius 3 is 2.55 bits per heavy atom. The number of halogens is 2. The van der Waals surface area contributed by atoms with Gasteiger partial charge in [0, 0.05) is 0 Å². The number of hydrogen-bond acceptors (Lipinski definition) is 5. The van der Waals surface area contributed by atoms with Gasteiger partial charge in [0.1, 0.15) is 6.61 Å². The molecular weight excluding hydrogens is 294 g/mol. The fraction of sp³-hybridized carbons (Fsp3) is 0.917. The smallest absolute Gasteiger partial charge is 0.390 e. The molecule has 0 aromatic carbocycles. The van der Waals surface area contributed by atoms with Gasteiger partial charge in [0.2, 0.25) is 7.11 Å². The first kappa shape index (κ1) is 15.9. The van der Waals surface area contributed by atoms with Crippen LogP contribution in [0.4, 0.5) is 8.78 Å². The van der Waals surface area contributed by atoms with Gasteiger partial charge in [-0.15, -0.1) is 0 Å². The molecule has 5 nitrogen and oxygen atoms in total. The maximum atomic E-state index is 13.2. The number of ether oxygens (including phenoxy) is 1. The Kier molecular flexibility index (Phi) is 4.58. The average Bonchev–Trinajstić information content (AvgIpc) is 3.00. The van der Waals surface area contributed by atoms with E-state index in [1.165, 1.54) is 6.42 Å². The van der Waals surface area contributed by atoms with E-state index in [0.717, 1.165) is 19.3 Å². The van der Waals surface area contributed by atoms with E-state index in [-0.39, 0.29) is 12.5 Å². The molecule has 0 aliphatic heterocycles. The molecule has 20 heavy (non-hydrogen) atoms. The summed E-state index contributed by atoms with van der Waals surface area (Å²) in [5.41, 5.74) is 0. The highest BCUT2D eigenvalue weighted by Gasteiger charge is 2.49. The van der Waals surface area contributed by atoms with Gasteiger partial charge in [0.05, 0.1) is 12.7 Å². The zero-order valence-electron chi connectivity index (χ0n) is 11.0. The van der Waals surface area contributed by atoms with Gasteiger partial charge in [-0.3, -0.25) is 0 Å². The second-order valence-electron chi connectivity index (χ2n) is 5.63. The zero-order chi connectivity index (χ0) is 15.0. The number of fused-ring (bicyclic) bond motifs is 2. The van der Waals surface area contributed by atoms with E-state index < -0.39 is 28.1 Å². The molecule has 1 N–H and O–H groups in total. The van der Waals surface area contributed by atoms with Crippen molar-refractivity contribution < 1.29 is 31.2 Å². The van der Waals surface area contributed by atoms with Crippen LogP contribution in [-0.2, 0) is 19.0 Å². The summed E-state index contributed by atoms with van der Waals surface area (Å²) in [5, 5.41) is 5.80. The number of hydrogen-bond donors (Lipinski definition) is 1. The Balaban J connectivity index is 1.78. The predicted molar refractivity (Wildman–Crippen MR) is 66.1 cm³/mol. The van der Waals surface area contributed by atoms with Crippen LogP contribution in [0.5, 0.6) is 0 Å². The second kappa shape index (κ2) is 5.75. The van der Waals surface area contributed by atoms with Crippen molar-refractivity contribution >= 4 is 10.1 Å². The van der Waals surface area contributed by atoms with Crippen LogP contribution in [0.3, 0.4) is 0 Å². The summed E-state index contributed by atoms with van der Waals surface area (Å²) in [6.45, 7) is -1.64. The van der Waals surface area contributed by atoms with Crippen LogP contribution in [0.15, 0.2) is 0 Å². The summed E-state index contributed by atoms with van der Waals surface area (Å²) in [7, 11) is -2.59. The summed E-state index contributed by atoms with van der Waals surface area (Å²) >= 11 is 0. The molecule has 0 aromatic rings. The lowest BCUT2D eigenvalue weighted by molar-refractivity contribution is -0.0627. The van der Waals surface area contributed by atoms with Crippen molar-refractivity contribution in [2.75, 3.05) is 13.2 Å². The Morgan fingerprint density at radius 2 is 2.05 bits per heavy atom. The third-order valence-corrected chi connectivity index (χ3v) is 5.53. The Hall–Kier alpha value is -0.440. The molecule has 0 amide bonds. The predicted octanol–water partition coefficient (Wildman–Crippen LogP) is 1.53. The van der Waals surface area contributed by atoms with Gasteiger partial charge in [0.15, 0.2) is 0 Å². The molecule has 0 radical (unpaired) electrons. The lowest BCUT2D eigenvalue weighted by Gasteiger charge is -2.26. The molecule has 0 saturated heterocycles. The summed E-state index contributed by atoms with van der Waals surface area (Å²) < 4.78 is 56.4. The third kappa shape index (κ3) is 3.08. The second-order valence-corrected chi connectivity index (χ2v) is 7.37. The van der Waals surface area contributed by atoms with Crippen molar-refractivity contribution in [3.8, 4) is 0 Å². The molecule has 116 valence electrons. The van der Waals surface area contributed by atoms with Crippen LogP contribution in [0.1, 0.15) is 25.7 Å². The number of alkyl halides is 2. The number of aliphatic hydroxyl groups is 1. The van der Waals surface area contributed by atoms with Crippen LogP contribution < -0.4 is 0 Å². The summed E-state index contributed by atoms with van der Waals surface area (Å²) in [6, 6.07) is 0. The van der Waals surface area contributed by atoms with Crippen molar-refractivity contribution in [3.63, 3.8) is 0 Å². The van der Waals surface area contributed by atoms with Gasteiger partial charge in [0.25, 0.3) is 0 Å². The highest BCUT2D eigenvalue weighted by Crippen LogP contribution is 2.49. The molecule has 2 bridgehead atoms. The fourth-order valence-electron chi connectivity index (χ4n) is 3.35. The Labute approximate surface area is 117 Å². The molecule has 8 heteroatoms. The third-order valence-electron chi connectivity index (χ3n) is 4.37. The maximum Gasteiger partial charge on any atom is 0.396 e. The maximum absolute atomic E-state index is 13.2. The van der Waals surface area contributed by atoms with Crippen LogP contribution in [0.25, 0.3) is 0 Å². The summed E-state index contributed by atoms with van der Waals surface area (Å²) in [4.78, 5) is 0. The zero-order valence-corrected chi connectivity index (χ0v) is 11.8.